The molecule has 0 saturated heterocycles. The van der Waals surface area contributed by atoms with Crippen LogP contribution in [0.4, 0.5) is 10.1 Å². The molecule has 1 fully saturated rings. The maximum absolute atomic E-state index is 14.4. The van der Waals surface area contributed by atoms with Gasteiger partial charge in [-0.1, -0.05) is 41.9 Å². The number of sulfonamides is 1. The summed E-state index contributed by atoms with van der Waals surface area (Å²) in [6, 6.07) is 18.2. The first-order chi connectivity index (χ1) is 19.7. The summed E-state index contributed by atoms with van der Waals surface area (Å²) >= 11 is 6.07. The van der Waals surface area contributed by atoms with Gasteiger partial charge in [0.05, 0.1) is 6.54 Å². The lowest BCUT2D eigenvalue weighted by Gasteiger charge is -2.29. The van der Waals surface area contributed by atoms with Crippen LogP contribution in [0.5, 0.6) is 0 Å². The highest BCUT2D eigenvalue weighted by Crippen LogP contribution is 2.49. The van der Waals surface area contributed by atoms with E-state index in [1.54, 1.807) is 11.1 Å². The summed E-state index contributed by atoms with van der Waals surface area (Å²) in [5.41, 5.74) is 3.57. The first-order valence-electron chi connectivity index (χ1n) is 13.6. The molecule has 0 unspecified atom stereocenters. The normalized spacial score (nSPS) is 19.9. The predicted octanol–water partition coefficient (Wildman–Crippen LogP) is 5.91. The van der Waals surface area contributed by atoms with Gasteiger partial charge in [-0.15, -0.1) is 0 Å². The molecule has 2 aliphatic carbocycles. The van der Waals surface area contributed by atoms with Crippen LogP contribution in [0.2, 0.25) is 5.02 Å². The summed E-state index contributed by atoms with van der Waals surface area (Å²) in [5.74, 6) is -0.135. The van der Waals surface area contributed by atoms with Gasteiger partial charge in [0.2, 0.25) is 15.9 Å². The zero-order valence-corrected chi connectivity index (χ0v) is 24.1. The summed E-state index contributed by atoms with van der Waals surface area (Å²) in [7, 11) is -2.21. The topological polar surface area (TPSA) is 84.3 Å². The largest absolute Gasteiger partial charge is 0.337 e. The molecule has 1 aromatic heterocycles. The van der Waals surface area contributed by atoms with Crippen LogP contribution >= 0.6 is 11.6 Å². The van der Waals surface area contributed by atoms with Crippen LogP contribution in [0.3, 0.4) is 0 Å². The van der Waals surface area contributed by atoms with E-state index in [9.17, 15) is 17.6 Å². The van der Waals surface area contributed by atoms with Gasteiger partial charge in [-0.3, -0.25) is 4.79 Å². The highest BCUT2D eigenvalue weighted by molar-refractivity contribution is 7.89. The van der Waals surface area contributed by atoms with Crippen molar-refractivity contribution in [1.82, 2.24) is 14.3 Å². The monoisotopic (exact) mass is 592 g/mol. The molecule has 0 radical (unpaired) electrons. The molecular formula is C31H30ClFN4O3S. The molecule has 0 spiro atoms. The summed E-state index contributed by atoms with van der Waals surface area (Å²) in [5, 5.41) is 0.655. The van der Waals surface area contributed by atoms with Crippen molar-refractivity contribution in [3.05, 3.63) is 112 Å². The maximum Gasteiger partial charge on any atom is 0.244 e. The molecule has 7 nitrogen and oxygen atoms in total. The number of anilines is 1. The van der Waals surface area contributed by atoms with Gasteiger partial charge in [0, 0.05) is 42.1 Å². The molecule has 4 aromatic rings. The summed E-state index contributed by atoms with van der Waals surface area (Å²) in [4.78, 5) is 19.8. The van der Waals surface area contributed by atoms with E-state index < -0.39 is 21.9 Å². The van der Waals surface area contributed by atoms with Crippen LogP contribution < -0.4 is 9.62 Å². The number of fused-ring (bicyclic) bond motifs is 1. The van der Waals surface area contributed by atoms with Crippen molar-refractivity contribution < 1.29 is 17.6 Å². The Morgan fingerprint density at radius 1 is 1.15 bits per heavy atom. The Kier molecular flexibility index (Phi) is 7.44. The van der Waals surface area contributed by atoms with Crippen LogP contribution in [0.15, 0.2) is 84.0 Å². The number of rotatable bonds is 8. The van der Waals surface area contributed by atoms with Crippen molar-refractivity contribution in [2.24, 2.45) is 13.0 Å². The second-order valence-electron chi connectivity index (χ2n) is 10.8. The highest BCUT2D eigenvalue weighted by Gasteiger charge is 2.46. The smallest absolute Gasteiger partial charge is 0.244 e. The number of aryl methyl sites for hydroxylation is 2. The molecular weight excluding hydrogens is 563 g/mol. The molecule has 1 heterocycles. The summed E-state index contributed by atoms with van der Waals surface area (Å²) in [6.45, 7) is 0.274. The van der Waals surface area contributed by atoms with Crippen LogP contribution in [0.1, 0.15) is 53.7 Å². The van der Waals surface area contributed by atoms with Gasteiger partial charge in [-0.2, -0.15) is 0 Å². The Morgan fingerprint density at radius 3 is 2.66 bits per heavy atom. The van der Waals surface area contributed by atoms with Crippen molar-refractivity contribution in [3.63, 3.8) is 0 Å². The van der Waals surface area contributed by atoms with Crippen LogP contribution in [0, 0.1) is 11.7 Å². The molecule has 6 rings (SSSR count). The Balaban J connectivity index is 1.32. The Bertz CT molecular complexity index is 1710. The zero-order chi connectivity index (χ0) is 28.7. The predicted molar refractivity (Wildman–Crippen MR) is 156 cm³/mol. The lowest BCUT2D eigenvalue weighted by Crippen LogP contribution is -2.34. The third kappa shape index (κ3) is 5.66. The zero-order valence-electron chi connectivity index (χ0n) is 22.5. The number of nitrogens with one attached hydrogen (secondary N) is 1. The second kappa shape index (κ2) is 11.0. The number of carbonyl (C=O) groups excluding carboxylic acids is 1. The van der Waals surface area contributed by atoms with Crippen molar-refractivity contribution in [2.45, 2.75) is 49.1 Å². The van der Waals surface area contributed by atoms with Crippen molar-refractivity contribution in [2.75, 3.05) is 4.90 Å². The molecule has 0 bridgehead atoms. The average molecular weight is 593 g/mol. The van der Waals surface area contributed by atoms with E-state index >= 15 is 0 Å². The standard InChI is InChI=1S/C31H30ClFN4O3S/c1-36-16-15-34-30(36)19-37(31(38)26-18-24(26)21-9-12-22(32)13-10-21)23-14-11-20-5-4-7-28(25(20)17-23)35-41(39,40)29-8-3-2-6-27(29)33/h2-3,6,8-17,24,26,28,35H,4-5,7,18-19H2,1H3/t24-,26+,28+/m1/s1. The minimum Gasteiger partial charge on any atom is -0.337 e. The summed E-state index contributed by atoms with van der Waals surface area (Å²) < 4.78 is 45.3. The Labute approximate surface area is 244 Å². The maximum atomic E-state index is 14.4. The van der Waals surface area contributed by atoms with Gasteiger partial charge in [-0.05, 0) is 84.7 Å². The van der Waals surface area contributed by atoms with Crippen LogP contribution in [-0.2, 0) is 34.8 Å². The molecule has 0 aliphatic heterocycles. The molecule has 1 amide bonds. The quantitative estimate of drug-likeness (QED) is 0.276. The van der Waals surface area contributed by atoms with Crippen LogP contribution in [0.25, 0.3) is 0 Å². The molecule has 212 valence electrons. The number of nitrogens with zero attached hydrogens (tertiary/aromatic N) is 3. The lowest BCUT2D eigenvalue weighted by molar-refractivity contribution is -0.120. The van der Waals surface area contributed by atoms with Crippen molar-refractivity contribution in [3.8, 4) is 0 Å². The van der Waals surface area contributed by atoms with Crippen molar-refractivity contribution >= 4 is 33.2 Å². The lowest BCUT2D eigenvalue weighted by atomic mass is 9.87. The van der Waals surface area contributed by atoms with Gasteiger partial charge in [0.1, 0.15) is 16.5 Å². The minimum absolute atomic E-state index is 0.00723. The number of benzene rings is 3. The first kappa shape index (κ1) is 27.6. The Morgan fingerprint density at radius 2 is 1.93 bits per heavy atom. The fourth-order valence-electron chi connectivity index (χ4n) is 5.72. The molecule has 3 atom stereocenters. The van der Waals surface area contributed by atoms with Crippen LogP contribution in [-0.4, -0.2) is 23.9 Å². The number of hydrogen-bond acceptors (Lipinski definition) is 4. The second-order valence-corrected chi connectivity index (χ2v) is 12.9. The fourth-order valence-corrected chi connectivity index (χ4v) is 7.18. The number of hydrogen-bond donors (Lipinski definition) is 1. The summed E-state index contributed by atoms with van der Waals surface area (Å²) in [6.07, 6.45) is 6.43. The van der Waals surface area contributed by atoms with E-state index in [1.165, 1.54) is 18.2 Å². The molecule has 41 heavy (non-hydrogen) atoms. The SMILES string of the molecule is Cn1ccnc1CN(C(=O)[C@H]1C[C@@H]1c1ccc(Cl)cc1)c1ccc2c(c1)[C@@H](NS(=O)(=O)c1ccccc1F)CCC2. The van der Waals surface area contributed by atoms with E-state index in [4.69, 9.17) is 11.6 Å². The van der Waals surface area contributed by atoms with Gasteiger partial charge >= 0.3 is 0 Å². The number of imidazole rings is 1. The Hall–Kier alpha value is -3.53. The van der Waals surface area contributed by atoms with E-state index in [1.807, 2.05) is 60.3 Å². The van der Waals surface area contributed by atoms with E-state index in [0.717, 1.165) is 47.8 Å². The molecule has 1 N–H and O–H groups in total. The van der Waals surface area contributed by atoms with Gasteiger partial charge in [0.25, 0.3) is 0 Å². The van der Waals surface area contributed by atoms with E-state index in [2.05, 4.69) is 9.71 Å². The van der Waals surface area contributed by atoms with E-state index in [-0.39, 0.29) is 29.2 Å². The fraction of sp³-hybridized carbons (Fsp3) is 0.290. The third-order valence-corrected chi connectivity index (χ3v) is 9.83. The highest BCUT2D eigenvalue weighted by atomic mass is 35.5. The average Bonchev–Trinajstić information content (AvgIpc) is 3.66. The molecule has 3 aromatic carbocycles. The van der Waals surface area contributed by atoms with Crippen molar-refractivity contribution in [1.29, 1.82) is 0 Å². The number of amides is 1. The number of aromatic nitrogens is 2. The molecule has 1 saturated carbocycles. The van der Waals surface area contributed by atoms with E-state index in [0.29, 0.717) is 17.1 Å². The van der Waals surface area contributed by atoms with Gasteiger partial charge < -0.3 is 9.47 Å². The molecule has 2 aliphatic rings. The van der Waals surface area contributed by atoms with Gasteiger partial charge in [-0.25, -0.2) is 22.5 Å². The minimum atomic E-state index is -4.10. The third-order valence-electron chi connectivity index (χ3n) is 8.07. The first-order valence-corrected chi connectivity index (χ1v) is 15.5. The number of halogens is 2. The van der Waals surface area contributed by atoms with Gasteiger partial charge in [0.15, 0.2) is 0 Å². The number of carbonyl (C=O) groups is 1. The molecule has 10 heteroatoms.